The maximum atomic E-state index is 10.3. The second kappa shape index (κ2) is 6.51. The molecule has 0 bridgehead atoms. The number of hydrogen-bond acceptors (Lipinski definition) is 3. The number of phosphoric acid groups is 1. The van der Waals surface area contributed by atoms with Crippen molar-refractivity contribution >= 4 is 7.82 Å². The molecule has 0 aromatic heterocycles. The molecule has 1 unspecified atom stereocenters. The molecule has 1 atom stereocenters. The molecule has 0 aliphatic carbocycles. The van der Waals surface area contributed by atoms with E-state index in [1.807, 2.05) is 0 Å². The molecule has 0 heterocycles. The van der Waals surface area contributed by atoms with Crippen molar-refractivity contribution in [3.8, 4) is 0 Å². The van der Waals surface area contributed by atoms with E-state index in [0.717, 1.165) is 19.3 Å². The van der Waals surface area contributed by atoms with Crippen LogP contribution in [0.5, 0.6) is 0 Å². The summed E-state index contributed by atoms with van der Waals surface area (Å²) in [4.78, 5) is 16.8. The Kier molecular flexibility index (Phi) is 6.55. The van der Waals surface area contributed by atoms with Crippen molar-refractivity contribution in [2.24, 2.45) is 0 Å². The van der Waals surface area contributed by atoms with E-state index >= 15 is 0 Å². The Morgan fingerprint density at radius 1 is 1.38 bits per heavy atom. The Morgan fingerprint density at radius 3 is 2.46 bits per heavy atom. The summed E-state index contributed by atoms with van der Waals surface area (Å²) in [5.41, 5.74) is 0. The molecular formula is C7H17O5P. The minimum Gasteiger partial charge on any atom is -0.352 e. The lowest BCUT2D eigenvalue weighted by Gasteiger charge is -2.13. The van der Waals surface area contributed by atoms with E-state index in [1.165, 1.54) is 6.92 Å². The first-order chi connectivity index (χ1) is 5.95. The first kappa shape index (κ1) is 13.1. The van der Waals surface area contributed by atoms with Gasteiger partial charge in [0.15, 0.2) is 6.29 Å². The van der Waals surface area contributed by atoms with Crippen LogP contribution in [0.4, 0.5) is 0 Å². The molecule has 0 amide bonds. The van der Waals surface area contributed by atoms with Gasteiger partial charge in [0.1, 0.15) is 0 Å². The number of hydrogen-bond donors (Lipinski definition) is 2. The highest BCUT2D eigenvalue weighted by Gasteiger charge is 2.18. The van der Waals surface area contributed by atoms with Crippen LogP contribution in [0.15, 0.2) is 0 Å². The molecule has 0 saturated carbocycles. The Hall–Kier alpha value is 0.0700. The van der Waals surface area contributed by atoms with Crippen molar-refractivity contribution in [2.75, 3.05) is 6.61 Å². The minimum atomic E-state index is -4.40. The zero-order valence-corrected chi connectivity index (χ0v) is 8.87. The number of unbranched alkanes of at least 4 members (excludes halogenated alkanes) is 2. The van der Waals surface area contributed by atoms with Crippen LogP contribution in [0.2, 0.25) is 0 Å². The van der Waals surface area contributed by atoms with Gasteiger partial charge in [-0.05, 0) is 13.3 Å². The Morgan fingerprint density at radius 2 is 2.00 bits per heavy atom. The van der Waals surface area contributed by atoms with Crippen LogP contribution in [-0.4, -0.2) is 22.7 Å². The van der Waals surface area contributed by atoms with Gasteiger partial charge in [-0.1, -0.05) is 19.8 Å². The highest BCUT2D eigenvalue weighted by molar-refractivity contribution is 7.46. The Bertz CT molecular complexity index is 166. The van der Waals surface area contributed by atoms with Crippen molar-refractivity contribution < 1.29 is 23.6 Å². The van der Waals surface area contributed by atoms with Gasteiger partial charge in [-0.25, -0.2) is 4.57 Å². The summed E-state index contributed by atoms with van der Waals surface area (Å²) in [6, 6.07) is 0. The van der Waals surface area contributed by atoms with Gasteiger partial charge in [0.05, 0.1) is 0 Å². The SMILES string of the molecule is CCCCCOC(C)OP(=O)(O)O. The predicted octanol–water partition coefficient (Wildman–Crippen LogP) is 1.65. The van der Waals surface area contributed by atoms with E-state index in [9.17, 15) is 4.57 Å². The maximum absolute atomic E-state index is 10.3. The van der Waals surface area contributed by atoms with Crippen LogP contribution in [0, 0.1) is 0 Å². The second-order valence-corrected chi connectivity index (χ2v) is 3.93. The van der Waals surface area contributed by atoms with Crippen molar-refractivity contribution in [3.63, 3.8) is 0 Å². The smallest absolute Gasteiger partial charge is 0.352 e. The van der Waals surface area contributed by atoms with Crippen LogP contribution in [0.25, 0.3) is 0 Å². The van der Waals surface area contributed by atoms with E-state index < -0.39 is 14.1 Å². The molecule has 6 heteroatoms. The zero-order valence-electron chi connectivity index (χ0n) is 7.97. The lowest BCUT2D eigenvalue weighted by Crippen LogP contribution is -2.12. The molecule has 0 fully saturated rings. The molecule has 0 saturated heterocycles. The van der Waals surface area contributed by atoms with E-state index in [0.29, 0.717) is 6.61 Å². The van der Waals surface area contributed by atoms with Crippen LogP contribution in [0.1, 0.15) is 33.1 Å². The number of phosphoric ester groups is 1. The zero-order chi connectivity index (χ0) is 10.3. The van der Waals surface area contributed by atoms with Crippen LogP contribution < -0.4 is 0 Å². The minimum absolute atomic E-state index is 0.467. The quantitative estimate of drug-likeness (QED) is 0.381. The molecule has 5 nitrogen and oxygen atoms in total. The van der Waals surface area contributed by atoms with E-state index in [2.05, 4.69) is 11.4 Å². The van der Waals surface area contributed by atoms with Crippen molar-refractivity contribution in [2.45, 2.75) is 39.4 Å². The van der Waals surface area contributed by atoms with E-state index in [-0.39, 0.29) is 0 Å². The summed E-state index contributed by atoms with van der Waals surface area (Å²) in [6.07, 6.45) is 2.16. The van der Waals surface area contributed by atoms with Gasteiger partial charge in [0.2, 0.25) is 0 Å². The molecule has 0 spiro atoms. The molecule has 13 heavy (non-hydrogen) atoms. The average molecular weight is 212 g/mol. The average Bonchev–Trinajstić information content (AvgIpc) is 1.94. The number of ether oxygens (including phenoxy) is 1. The first-order valence-electron chi connectivity index (χ1n) is 4.31. The first-order valence-corrected chi connectivity index (χ1v) is 5.84. The predicted molar refractivity (Wildman–Crippen MR) is 48.1 cm³/mol. The third kappa shape index (κ3) is 9.99. The molecule has 80 valence electrons. The molecule has 0 radical (unpaired) electrons. The third-order valence-corrected chi connectivity index (χ3v) is 1.96. The third-order valence-electron chi connectivity index (χ3n) is 1.39. The Labute approximate surface area is 78.3 Å². The summed E-state index contributed by atoms with van der Waals surface area (Å²) in [7, 11) is -4.40. The highest BCUT2D eigenvalue weighted by Crippen LogP contribution is 2.37. The highest BCUT2D eigenvalue weighted by atomic mass is 31.2. The molecule has 0 aromatic carbocycles. The summed E-state index contributed by atoms with van der Waals surface area (Å²) >= 11 is 0. The lowest BCUT2D eigenvalue weighted by molar-refractivity contribution is -0.0802. The molecular weight excluding hydrogens is 195 g/mol. The van der Waals surface area contributed by atoms with Gasteiger partial charge in [-0.2, -0.15) is 0 Å². The summed E-state index contributed by atoms with van der Waals surface area (Å²) in [5.74, 6) is 0. The Balaban J connectivity index is 3.41. The van der Waals surface area contributed by atoms with Crippen molar-refractivity contribution in [1.82, 2.24) is 0 Å². The molecule has 2 N–H and O–H groups in total. The number of rotatable bonds is 7. The normalized spacial score (nSPS) is 14.5. The molecule has 0 aliphatic rings. The van der Waals surface area contributed by atoms with Gasteiger partial charge in [0, 0.05) is 6.61 Å². The van der Waals surface area contributed by atoms with Gasteiger partial charge in [-0.3, -0.25) is 4.52 Å². The van der Waals surface area contributed by atoms with E-state index in [1.54, 1.807) is 0 Å². The monoisotopic (exact) mass is 212 g/mol. The second-order valence-electron chi connectivity index (χ2n) is 2.74. The fourth-order valence-corrected chi connectivity index (χ4v) is 1.27. The maximum Gasteiger partial charge on any atom is 0.471 e. The standard InChI is InChI=1S/C7H17O5P/c1-3-4-5-6-11-7(2)12-13(8,9)10/h7H,3-6H2,1-2H3,(H2,8,9,10). The van der Waals surface area contributed by atoms with Gasteiger partial charge < -0.3 is 14.5 Å². The van der Waals surface area contributed by atoms with Gasteiger partial charge in [-0.15, -0.1) is 0 Å². The van der Waals surface area contributed by atoms with Crippen LogP contribution in [0.3, 0.4) is 0 Å². The molecule has 0 rings (SSSR count). The van der Waals surface area contributed by atoms with Gasteiger partial charge >= 0.3 is 7.82 Å². The summed E-state index contributed by atoms with van der Waals surface area (Å²) in [5, 5.41) is 0. The van der Waals surface area contributed by atoms with E-state index in [4.69, 9.17) is 14.5 Å². The fourth-order valence-electron chi connectivity index (χ4n) is 0.825. The van der Waals surface area contributed by atoms with Crippen molar-refractivity contribution in [1.29, 1.82) is 0 Å². The molecule has 0 aliphatic heterocycles. The van der Waals surface area contributed by atoms with Gasteiger partial charge in [0.25, 0.3) is 0 Å². The summed E-state index contributed by atoms with van der Waals surface area (Å²) in [6.45, 7) is 4.00. The summed E-state index contributed by atoms with van der Waals surface area (Å²) < 4.78 is 19.6. The lowest BCUT2D eigenvalue weighted by atomic mass is 10.3. The van der Waals surface area contributed by atoms with Crippen LogP contribution in [-0.2, 0) is 13.8 Å². The molecule has 0 aromatic rings. The fraction of sp³-hybridized carbons (Fsp3) is 1.00. The van der Waals surface area contributed by atoms with Crippen molar-refractivity contribution in [3.05, 3.63) is 0 Å². The van der Waals surface area contributed by atoms with Crippen LogP contribution >= 0.6 is 7.82 Å². The topological polar surface area (TPSA) is 76.0 Å². The largest absolute Gasteiger partial charge is 0.471 e.